The topological polar surface area (TPSA) is 103 Å². The molecule has 1 aliphatic heterocycles. The zero-order chi connectivity index (χ0) is 31.8. The lowest BCUT2D eigenvalue weighted by molar-refractivity contribution is 0.250. The monoisotopic (exact) mass is 613 g/mol. The Kier molecular flexibility index (Phi) is 7.78. The van der Waals surface area contributed by atoms with Crippen LogP contribution in [-0.2, 0) is 24.9 Å². The van der Waals surface area contributed by atoms with Crippen LogP contribution in [0.3, 0.4) is 0 Å². The SMILES string of the molecule is CC(C)(C)c1ccc(-c2nc3c(N4CCN(Cc5ccc6[nH]c(=O)c(=O)n(CCc7cccnc7)c6c5)CC4)cccc3[nH]2)cc1. The summed E-state index contributed by atoms with van der Waals surface area (Å²) in [6.45, 7) is 11.4. The van der Waals surface area contributed by atoms with Crippen molar-refractivity contribution in [2.24, 2.45) is 0 Å². The molecule has 0 aliphatic carbocycles. The van der Waals surface area contributed by atoms with Crippen LogP contribution < -0.4 is 16.0 Å². The first-order valence-electron chi connectivity index (χ1n) is 15.9. The fraction of sp³-hybridized carbons (Fsp3) is 0.297. The standard InChI is InChI=1S/C37H39N7O2/c1-37(2,3)28-12-10-27(11-13-28)34-39-30-7-4-8-31(33(30)41-34)43-20-18-42(19-21-43)24-26-9-14-29-32(22-26)44(36(46)35(45)40-29)17-15-25-6-5-16-38-23-25/h4-14,16,22-23H,15,17-21,24H2,1-3H3,(H,39,41)(H,40,45). The van der Waals surface area contributed by atoms with Crippen molar-refractivity contribution in [1.82, 2.24) is 29.4 Å². The predicted molar refractivity (Wildman–Crippen MR) is 184 cm³/mol. The van der Waals surface area contributed by atoms with E-state index in [4.69, 9.17) is 4.98 Å². The predicted octanol–water partition coefficient (Wildman–Crippen LogP) is 5.49. The van der Waals surface area contributed by atoms with E-state index in [1.54, 1.807) is 17.0 Å². The lowest BCUT2D eigenvalue weighted by Gasteiger charge is -2.36. The van der Waals surface area contributed by atoms with Crippen LogP contribution in [-0.4, -0.2) is 55.6 Å². The Morgan fingerprint density at radius 1 is 0.826 bits per heavy atom. The Labute approximate surface area is 267 Å². The van der Waals surface area contributed by atoms with Crippen molar-refractivity contribution < 1.29 is 0 Å². The van der Waals surface area contributed by atoms with Gasteiger partial charge in [-0.3, -0.25) is 19.5 Å². The Morgan fingerprint density at radius 2 is 1.63 bits per heavy atom. The van der Waals surface area contributed by atoms with Gasteiger partial charge < -0.3 is 19.4 Å². The highest BCUT2D eigenvalue weighted by atomic mass is 16.2. The van der Waals surface area contributed by atoms with E-state index in [9.17, 15) is 9.59 Å². The van der Waals surface area contributed by atoms with Crippen LogP contribution in [0.25, 0.3) is 33.5 Å². The number of aryl methyl sites for hydroxylation is 2. The van der Waals surface area contributed by atoms with E-state index < -0.39 is 11.1 Å². The molecule has 0 bridgehead atoms. The molecule has 0 radical (unpaired) electrons. The van der Waals surface area contributed by atoms with Gasteiger partial charge >= 0.3 is 11.1 Å². The number of rotatable bonds is 7. The maximum Gasteiger partial charge on any atom is 0.316 e. The Bertz CT molecular complexity index is 2110. The quantitative estimate of drug-likeness (QED) is 0.231. The molecule has 0 unspecified atom stereocenters. The number of pyridine rings is 1. The molecule has 2 N–H and O–H groups in total. The highest BCUT2D eigenvalue weighted by Crippen LogP contribution is 2.31. The Hall–Kier alpha value is -5.02. The number of imidazole rings is 1. The smallest absolute Gasteiger partial charge is 0.316 e. The minimum Gasteiger partial charge on any atom is -0.367 e. The molecule has 9 nitrogen and oxygen atoms in total. The molecule has 4 heterocycles. The molecule has 0 spiro atoms. The third-order valence-corrected chi connectivity index (χ3v) is 9.02. The molecule has 6 aromatic rings. The van der Waals surface area contributed by atoms with Crippen LogP contribution >= 0.6 is 0 Å². The molecular formula is C37H39N7O2. The van der Waals surface area contributed by atoms with Crippen molar-refractivity contribution in [2.75, 3.05) is 31.1 Å². The molecule has 0 amide bonds. The number of H-pyrrole nitrogens is 2. The fourth-order valence-electron chi connectivity index (χ4n) is 6.36. The van der Waals surface area contributed by atoms with Crippen LogP contribution in [0.1, 0.15) is 37.5 Å². The summed E-state index contributed by atoms with van der Waals surface area (Å²) in [6, 6.07) is 24.9. The first kappa shape index (κ1) is 29.7. The first-order chi connectivity index (χ1) is 22.2. The molecule has 0 atom stereocenters. The number of nitrogens with one attached hydrogen (secondary N) is 2. The second-order valence-corrected chi connectivity index (χ2v) is 13.2. The second-order valence-electron chi connectivity index (χ2n) is 13.2. The number of aromatic nitrogens is 5. The maximum absolute atomic E-state index is 12.9. The van der Waals surface area contributed by atoms with E-state index in [0.717, 1.165) is 77.5 Å². The number of hydrogen-bond acceptors (Lipinski definition) is 6. The number of para-hydroxylation sites is 1. The lowest BCUT2D eigenvalue weighted by Crippen LogP contribution is -2.46. The molecule has 7 rings (SSSR count). The molecule has 1 aliphatic rings. The molecular weight excluding hydrogens is 574 g/mol. The molecule has 46 heavy (non-hydrogen) atoms. The van der Waals surface area contributed by atoms with Gasteiger partial charge in [0.2, 0.25) is 0 Å². The largest absolute Gasteiger partial charge is 0.367 e. The van der Waals surface area contributed by atoms with E-state index in [1.165, 1.54) is 5.56 Å². The lowest BCUT2D eigenvalue weighted by atomic mass is 9.87. The van der Waals surface area contributed by atoms with Gasteiger partial charge in [-0.1, -0.05) is 63.2 Å². The van der Waals surface area contributed by atoms with E-state index >= 15 is 0 Å². The van der Waals surface area contributed by atoms with Gasteiger partial charge in [0.05, 0.1) is 22.2 Å². The minimum absolute atomic E-state index is 0.110. The summed E-state index contributed by atoms with van der Waals surface area (Å²) >= 11 is 0. The molecule has 1 saturated heterocycles. The van der Waals surface area contributed by atoms with E-state index in [-0.39, 0.29) is 5.41 Å². The molecule has 3 aromatic carbocycles. The van der Waals surface area contributed by atoms with E-state index in [1.807, 2.05) is 30.3 Å². The van der Waals surface area contributed by atoms with Crippen molar-refractivity contribution >= 4 is 27.8 Å². The van der Waals surface area contributed by atoms with Gasteiger partial charge in [-0.15, -0.1) is 0 Å². The third-order valence-electron chi connectivity index (χ3n) is 9.02. The first-order valence-corrected chi connectivity index (χ1v) is 15.9. The minimum atomic E-state index is -0.597. The highest BCUT2D eigenvalue weighted by molar-refractivity contribution is 5.91. The number of nitrogens with zero attached hydrogens (tertiary/aromatic N) is 5. The van der Waals surface area contributed by atoms with Gasteiger partial charge in [0.15, 0.2) is 0 Å². The zero-order valence-electron chi connectivity index (χ0n) is 26.6. The van der Waals surface area contributed by atoms with Gasteiger partial charge in [-0.2, -0.15) is 0 Å². The van der Waals surface area contributed by atoms with Crippen LogP contribution in [0, 0.1) is 0 Å². The van der Waals surface area contributed by atoms with E-state index in [2.05, 4.69) is 88.0 Å². The zero-order valence-corrected chi connectivity index (χ0v) is 26.6. The van der Waals surface area contributed by atoms with Crippen LogP contribution in [0.5, 0.6) is 0 Å². The van der Waals surface area contributed by atoms with Crippen molar-refractivity contribution in [3.63, 3.8) is 0 Å². The average molecular weight is 614 g/mol. The summed E-state index contributed by atoms with van der Waals surface area (Å²) in [4.78, 5) is 45.7. The maximum atomic E-state index is 12.9. The summed E-state index contributed by atoms with van der Waals surface area (Å²) in [6.07, 6.45) is 4.14. The van der Waals surface area contributed by atoms with Crippen LogP contribution in [0.4, 0.5) is 5.69 Å². The summed E-state index contributed by atoms with van der Waals surface area (Å²) < 4.78 is 1.60. The molecule has 0 saturated carbocycles. The van der Waals surface area contributed by atoms with Crippen molar-refractivity contribution in [3.05, 3.63) is 123 Å². The van der Waals surface area contributed by atoms with Gasteiger partial charge in [-0.05, 0) is 58.9 Å². The van der Waals surface area contributed by atoms with Gasteiger partial charge in [0.25, 0.3) is 0 Å². The summed E-state index contributed by atoms with van der Waals surface area (Å²) in [5.74, 6) is 0.887. The van der Waals surface area contributed by atoms with E-state index in [0.29, 0.717) is 18.5 Å². The summed E-state index contributed by atoms with van der Waals surface area (Å²) in [5, 5.41) is 0. The number of piperazine rings is 1. The van der Waals surface area contributed by atoms with Crippen molar-refractivity contribution in [2.45, 2.75) is 45.7 Å². The fourth-order valence-corrected chi connectivity index (χ4v) is 6.36. The second kappa shape index (κ2) is 12.1. The highest BCUT2D eigenvalue weighted by Gasteiger charge is 2.21. The average Bonchev–Trinajstić information content (AvgIpc) is 3.51. The van der Waals surface area contributed by atoms with Gasteiger partial charge in [0, 0.05) is 57.2 Å². The van der Waals surface area contributed by atoms with Crippen LogP contribution in [0.15, 0.2) is 94.8 Å². The van der Waals surface area contributed by atoms with Crippen molar-refractivity contribution in [1.29, 1.82) is 0 Å². The van der Waals surface area contributed by atoms with Gasteiger partial charge in [-0.25, -0.2) is 4.98 Å². The van der Waals surface area contributed by atoms with Crippen LogP contribution in [0.2, 0.25) is 0 Å². The summed E-state index contributed by atoms with van der Waals surface area (Å²) in [7, 11) is 0. The molecule has 3 aromatic heterocycles. The number of benzene rings is 3. The Balaban J connectivity index is 1.06. The molecule has 9 heteroatoms. The molecule has 1 fully saturated rings. The van der Waals surface area contributed by atoms with Gasteiger partial charge in [0.1, 0.15) is 11.3 Å². The number of aromatic amines is 2. The normalized spacial score (nSPS) is 14.4. The number of fused-ring (bicyclic) bond motifs is 2. The number of hydrogen-bond donors (Lipinski definition) is 2. The van der Waals surface area contributed by atoms with Crippen molar-refractivity contribution in [3.8, 4) is 11.4 Å². The number of anilines is 1. The molecule has 234 valence electrons. The summed E-state index contributed by atoms with van der Waals surface area (Å²) in [5.41, 5.74) is 8.11. The third kappa shape index (κ3) is 5.98. The Morgan fingerprint density at radius 3 is 2.37 bits per heavy atom.